The molecule has 0 aliphatic carbocycles. The maximum absolute atomic E-state index is 12.7. The molecule has 2 rings (SSSR count). The van der Waals surface area contributed by atoms with Gasteiger partial charge in [-0.15, -0.1) is 0 Å². The molecule has 1 unspecified atom stereocenters. The van der Waals surface area contributed by atoms with E-state index < -0.39 is 10.0 Å². The monoisotopic (exact) mass is 389 g/mol. The number of carbonyl (C=O) groups is 1. The van der Waals surface area contributed by atoms with Crippen LogP contribution in [0.15, 0.2) is 23.1 Å². The molecule has 140 valence electrons. The highest BCUT2D eigenvalue weighted by Gasteiger charge is 2.25. The number of halogens is 1. The van der Waals surface area contributed by atoms with Crippen LogP contribution in [0.1, 0.15) is 20.3 Å². The Labute approximate surface area is 153 Å². The zero-order valence-corrected chi connectivity index (χ0v) is 16.0. The Morgan fingerprint density at radius 2 is 2.12 bits per heavy atom. The van der Waals surface area contributed by atoms with Crippen molar-refractivity contribution < 1.29 is 17.9 Å². The highest BCUT2D eigenvalue weighted by atomic mass is 35.5. The Hall–Kier alpha value is -1.19. The van der Waals surface area contributed by atoms with Crippen LogP contribution in [0.5, 0.6) is 0 Å². The molecule has 0 aromatic heterocycles. The van der Waals surface area contributed by atoms with Gasteiger partial charge in [0.05, 0.1) is 18.2 Å². The summed E-state index contributed by atoms with van der Waals surface area (Å²) in [6.07, 6.45) is 0.251. The van der Waals surface area contributed by atoms with Gasteiger partial charge in [-0.05, 0) is 18.2 Å². The molecule has 0 bridgehead atoms. The lowest BCUT2D eigenvalue weighted by Crippen LogP contribution is -2.43. The van der Waals surface area contributed by atoms with Gasteiger partial charge in [0.15, 0.2) is 0 Å². The molecule has 2 N–H and O–H groups in total. The van der Waals surface area contributed by atoms with Gasteiger partial charge in [0.25, 0.3) is 0 Å². The molecule has 1 aliphatic heterocycles. The fraction of sp³-hybridized carbons (Fsp3) is 0.562. The normalized spacial score (nSPS) is 18.3. The number of ether oxygens (including phenoxy) is 1. The molecule has 7 nitrogen and oxygen atoms in total. The molecule has 1 aliphatic rings. The van der Waals surface area contributed by atoms with Crippen molar-refractivity contribution >= 4 is 33.2 Å². The van der Waals surface area contributed by atoms with Crippen LogP contribution in [0.3, 0.4) is 0 Å². The molecular formula is C16H24ClN3O4S. The van der Waals surface area contributed by atoms with E-state index in [1.165, 1.54) is 16.4 Å². The summed E-state index contributed by atoms with van der Waals surface area (Å²) in [7, 11) is -3.70. The van der Waals surface area contributed by atoms with Crippen LogP contribution in [0.2, 0.25) is 5.02 Å². The number of carbonyl (C=O) groups excluding carboxylic acids is 1. The summed E-state index contributed by atoms with van der Waals surface area (Å²) in [4.78, 5) is 12.2. The molecule has 1 atom stereocenters. The second kappa shape index (κ2) is 8.95. The second-order valence-corrected chi connectivity index (χ2v) is 8.03. The van der Waals surface area contributed by atoms with Crippen molar-refractivity contribution in [1.29, 1.82) is 0 Å². The first kappa shape index (κ1) is 20.1. The van der Waals surface area contributed by atoms with E-state index in [0.717, 1.165) is 0 Å². The molecule has 1 aromatic rings. The lowest BCUT2D eigenvalue weighted by Gasteiger charge is -2.23. The fourth-order valence-electron chi connectivity index (χ4n) is 2.67. The Balaban J connectivity index is 2.14. The van der Waals surface area contributed by atoms with Gasteiger partial charge >= 0.3 is 0 Å². The van der Waals surface area contributed by atoms with Gasteiger partial charge in [0, 0.05) is 37.8 Å². The standard InChI is InChI=1S/C16H24ClN3O4S/c1-3-20(4-2)25(22,23)15-9-12(5-6-14(15)17)19-16(21)10-13-11-24-8-7-18-13/h5-6,9,13,18H,3-4,7-8,10-11H2,1-2H3,(H,19,21). The number of morpholine rings is 1. The summed E-state index contributed by atoms with van der Waals surface area (Å²) in [5, 5.41) is 6.06. The Morgan fingerprint density at radius 3 is 2.72 bits per heavy atom. The summed E-state index contributed by atoms with van der Waals surface area (Å²) in [6, 6.07) is 4.43. The predicted octanol–water partition coefficient (Wildman–Crippen LogP) is 1.69. The van der Waals surface area contributed by atoms with E-state index in [-0.39, 0.29) is 28.3 Å². The number of benzene rings is 1. The third kappa shape index (κ3) is 5.15. The number of nitrogens with one attached hydrogen (secondary N) is 2. The maximum Gasteiger partial charge on any atom is 0.244 e. The van der Waals surface area contributed by atoms with Gasteiger partial charge in [-0.2, -0.15) is 4.31 Å². The minimum Gasteiger partial charge on any atom is -0.378 e. The van der Waals surface area contributed by atoms with Crippen LogP contribution in [0, 0.1) is 0 Å². The Bertz CT molecular complexity index is 701. The number of hydrogen-bond donors (Lipinski definition) is 2. The first-order valence-electron chi connectivity index (χ1n) is 8.29. The van der Waals surface area contributed by atoms with Crippen LogP contribution in [-0.4, -0.2) is 57.5 Å². The van der Waals surface area contributed by atoms with E-state index in [9.17, 15) is 13.2 Å². The van der Waals surface area contributed by atoms with Crippen LogP contribution in [0.25, 0.3) is 0 Å². The average Bonchev–Trinajstić information content (AvgIpc) is 2.58. The molecule has 1 fully saturated rings. The smallest absolute Gasteiger partial charge is 0.244 e. The van der Waals surface area contributed by atoms with Crippen LogP contribution in [-0.2, 0) is 19.6 Å². The van der Waals surface area contributed by atoms with Crippen LogP contribution >= 0.6 is 11.6 Å². The zero-order valence-electron chi connectivity index (χ0n) is 14.4. The second-order valence-electron chi connectivity index (χ2n) is 5.71. The minimum absolute atomic E-state index is 0.00482. The van der Waals surface area contributed by atoms with E-state index in [1.54, 1.807) is 19.9 Å². The first-order valence-corrected chi connectivity index (χ1v) is 10.1. The van der Waals surface area contributed by atoms with Crippen molar-refractivity contribution in [2.24, 2.45) is 0 Å². The number of rotatable bonds is 7. The summed E-state index contributed by atoms with van der Waals surface area (Å²) >= 11 is 6.09. The van der Waals surface area contributed by atoms with E-state index in [2.05, 4.69) is 10.6 Å². The number of amides is 1. The maximum atomic E-state index is 12.7. The molecule has 25 heavy (non-hydrogen) atoms. The lowest BCUT2D eigenvalue weighted by atomic mass is 10.2. The molecule has 1 saturated heterocycles. The quantitative estimate of drug-likeness (QED) is 0.740. The molecule has 1 amide bonds. The Morgan fingerprint density at radius 1 is 1.40 bits per heavy atom. The van der Waals surface area contributed by atoms with Crippen molar-refractivity contribution in [2.45, 2.75) is 31.2 Å². The Kier molecular flexibility index (Phi) is 7.21. The first-order chi connectivity index (χ1) is 11.9. The summed E-state index contributed by atoms with van der Waals surface area (Å²) in [5.41, 5.74) is 0.400. The molecule has 0 spiro atoms. The number of sulfonamides is 1. The van der Waals surface area contributed by atoms with E-state index in [4.69, 9.17) is 16.3 Å². The third-order valence-electron chi connectivity index (χ3n) is 3.97. The fourth-order valence-corrected chi connectivity index (χ4v) is 4.63. The number of hydrogen-bond acceptors (Lipinski definition) is 5. The van der Waals surface area contributed by atoms with Gasteiger partial charge < -0.3 is 15.4 Å². The highest BCUT2D eigenvalue weighted by molar-refractivity contribution is 7.89. The number of anilines is 1. The molecule has 9 heteroatoms. The highest BCUT2D eigenvalue weighted by Crippen LogP contribution is 2.27. The van der Waals surface area contributed by atoms with Gasteiger partial charge in [-0.3, -0.25) is 4.79 Å². The average molecular weight is 390 g/mol. The van der Waals surface area contributed by atoms with Crippen molar-refractivity contribution in [2.75, 3.05) is 38.2 Å². The largest absolute Gasteiger partial charge is 0.378 e. The van der Waals surface area contributed by atoms with Crippen molar-refractivity contribution in [3.63, 3.8) is 0 Å². The molecule has 0 saturated carbocycles. The van der Waals surface area contributed by atoms with Crippen LogP contribution in [0.4, 0.5) is 5.69 Å². The minimum atomic E-state index is -3.70. The van der Waals surface area contributed by atoms with E-state index in [1.807, 2.05) is 0 Å². The van der Waals surface area contributed by atoms with Gasteiger partial charge in [0.1, 0.15) is 4.90 Å². The van der Waals surface area contributed by atoms with Gasteiger partial charge in [-0.1, -0.05) is 25.4 Å². The molecule has 1 heterocycles. The molecule has 0 radical (unpaired) electrons. The SMILES string of the molecule is CCN(CC)S(=O)(=O)c1cc(NC(=O)CC2COCCN2)ccc1Cl. The van der Waals surface area contributed by atoms with Crippen molar-refractivity contribution in [3.05, 3.63) is 23.2 Å². The summed E-state index contributed by atoms with van der Waals surface area (Å²) in [6.45, 7) is 6.06. The molecule has 1 aromatic carbocycles. The van der Waals surface area contributed by atoms with E-state index in [0.29, 0.717) is 38.5 Å². The van der Waals surface area contributed by atoms with Crippen LogP contribution < -0.4 is 10.6 Å². The van der Waals surface area contributed by atoms with Crippen molar-refractivity contribution in [1.82, 2.24) is 9.62 Å². The number of nitrogens with zero attached hydrogens (tertiary/aromatic N) is 1. The topological polar surface area (TPSA) is 87.7 Å². The van der Waals surface area contributed by atoms with Gasteiger partial charge in [-0.25, -0.2) is 8.42 Å². The third-order valence-corrected chi connectivity index (χ3v) is 6.50. The lowest BCUT2D eigenvalue weighted by molar-refractivity contribution is -0.117. The zero-order chi connectivity index (χ0) is 18.4. The van der Waals surface area contributed by atoms with Crippen molar-refractivity contribution in [3.8, 4) is 0 Å². The summed E-state index contributed by atoms with van der Waals surface area (Å²) < 4.78 is 32.0. The van der Waals surface area contributed by atoms with Gasteiger partial charge in [0.2, 0.25) is 15.9 Å². The van der Waals surface area contributed by atoms with E-state index >= 15 is 0 Å². The summed E-state index contributed by atoms with van der Waals surface area (Å²) in [5.74, 6) is -0.212. The predicted molar refractivity (Wildman–Crippen MR) is 97.4 cm³/mol. The molecular weight excluding hydrogens is 366 g/mol.